The van der Waals surface area contributed by atoms with E-state index < -0.39 is 0 Å². The summed E-state index contributed by atoms with van der Waals surface area (Å²) in [7, 11) is 0. The van der Waals surface area contributed by atoms with Gasteiger partial charge in [0.25, 0.3) is 0 Å². The van der Waals surface area contributed by atoms with Crippen molar-refractivity contribution >= 4 is 0 Å². The Morgan fingerprint density at radius 2 is 1.90 bits per heavy atom. The molecule has 0 aromatic heterocycles. The van der Waals surface area contributed by atoms with Gasteiger partial charge in [0.1, 0.15) is 0 Å². The maximum absolute atomic E-state index is 3.78. The fourth-order valence-electron chi connectivity index (χ4n) is 4.03. The minimum atomic E-state index is 0.0968. The van der Waals surface area contributed by atoms with Crippen molar-refractivity contribution in [3.05, 3.63) is 35.9 Å². The fourth-order valence-corrected chi connectivity index (χ4v) is 4.03. The molecular weight excluding hydrogens is 244 g/mol. The Hall–Kier alpha value is -0.860. The molecule has 2 aliphatic rings. The molecule has 1 N–H and O–H groups in total. The van der Waals surface area contributed by atoms with Crippen LogP contribution in [0.3, 0.4) is 0 Å². The van der Waals surface area contributed by atoms with Crippen LogP contribution >= 0.6 is 0 Å². The first-order valence-corrected chi connectivity index (χ1v) is 8.15. The van der Waals surface area contributed by atoms with E-state index in [9.17, 15) is 0 Å². The summed E-state index contributed by atoms with van der Waals surface area (Å²) in [6.45, 7) is 9.37. The molecule has 1 aliphatic heterocycles. The smallest absolute Gasteiger partial charge is 0.0535 e. The molecule has 2 heteroatoms. The summed E-state index contributed by atoms with van der Waals surface area (Å²) >= 11 is 0. The van der Waals surface area contributed by atoms with E-state index in [0.29, 0.717) is 6.04 Å². The Bertz CT molecular complexity index is 444. The third-order valence-corrected chi connectivity index (χ3v) is 5.40. The fraction of sp³-hybridized carbons (Fsp3) is 0.667. The first-order chi connectivity index (χ1) is 9.58. The van der Waals surface area contributed by atoms with Crippen LogP contribution in [0.5, 0.6) is 0 Å². The SMILES string of the molecule is CC1CCC(N2CC(C)(c3ccccc3)NCC2C)C1. The number of piperazine rings is 1. The first-order valence-electron chi connectivity index (χ1n) is 8.15. The van der Waals surface area contributed by atoms with Gasteiger partial charge in [0.15, 0.2) is 0 Å². The van der Waals surface area contributed by atoms with Gasteiger partial charge in [0, 0.05) is 25.2 Å². The highest BCUT2D eigenvalue weighted by Crippen LogP contribution is 2.34. The molecule has 1 aromatic rings. The Balaban J connectivity index is 1.79. The number of rotatable bonds is 2. The van der Waals surface area contributed by atoms with Crippen molar-refractivity contribution in [3.8, 4) is 0 Å². The lowest BCUT2D eigenvalue weighted by atomic mass is 9.87. The van der Waals surface area contributed by atoms with Crippen LogP contribution < -0.4 is 5.32 Å². The molecule has 3 rings (SSSR count). The molecule has 0 bridgehead atoms. The van der Waals surface area contributed by atoms with Gasteiger partial charge < -0.3 is 5.32 Å². The van der Waals surface area contributed by atoms with Gasteiger partial charge in [0.05, 0.1) is 5.54 Å². The van der Waals surface area contributed by atoms with E-state index in [0.717, 1.165) is 25.0 Å². The molecule has 1 aromatic carbocycles. The van der Waals surface area contributed by atoms with Crippen molar-refractivity contribution in [1.29, 1.82) is 0 Å². The molecule has 4 unspecified atom stereocenters. The third-order valence-electron chi connectivity index (χ3n) is 5.40. The van der Waals surface area contributed by atoms with Crippen LogP contribution in [-0.2, 0) is 5.54 Å². The largest absolute Gasteiger partial charge is 0.305 e. The van der Waals surface area contributed by atoms with E-state index in [2.05, 4.69) is 61.3 Å². The minimum absolute atomic E-state index is 0.0968. The second kappa shape index (κ2) is 5.50. The quantitative estimate of drug-likeness (QED) is 0.888. The molecule has 1 saturated carbocycles. The van der Waals surface area contributed by atoms with E-state index in [1.807, 2.05) is 0 Å². The summed E-state index contributed by atoms with van der Waals surface area (Å²) in [4.78, 5) is 2.77. The molecule has 0 spiro atoms. The van der Waals surface area contributed by atoms with Crippen LogP contribution in [-0.4, -0.2) is 30.1 Å². The normalized spacial score (nSPS) is 39.0. The van der Waals surface area contributed by atoms with Crippen LogP contribution in [0.15, 0.2) is 30.3 Å². The Morgan fingerprint density at radius 1 is 1.15 bits per heavy atom. The van der Waals surface area contributed by atoms with Crippen molar-refractivity contribution in [2.24, 2.45) is 5.92 Å². The van der Waals surface area contributed by atoms with Gasteiger partial charge in [-0.25, -0.2) is 0 Å². The zero-order valence-electron chi connectivity index (χ0n) is 13.1. The highest BCUT2D eigenvalue weighted by Gasteiger charge is 2.39. The average Bonchev–Trinajstić information content (AvgIpc) is 2.89. The molecule has 2 nitrogen and oxygen atoms in total. The molecule has 1 heterocycles. The number of hydrogen-bond donors (Lipinski definition) is 1. The van der Waals surface area contributed by atoms with E-state index in [4.69, 9.17) is 0 Å². The van der Waals surface area contributed by atoms with Crippen LogP contribution in [0, 0.1) is 5.92 Å². The summed E-state index contributed by atoms with van der Waals surface area (Å²) in [6.07, 6.45) is 4.18. The monoisotopic (exact) mass is 272 g/mol. The van der Waals surface area contributed by atoms with Gasteiger partial charge in [-0.2, -0.15) is 0 Å². The van der Waals surface area contributed by atoms with Crippen LogP contribution in [0.25, 0.3) is 0 Å². The predicted octanol–water partition coefficient (Wildman–Crippen LogP) is 3.38. The lowest BCUT2D eigenvalue weighted by molar-refractivity contribution is 0.0550. The Morgan fingerprint density at radius 3 is 2.55 bits per heavy atom. The minimum Gasteiger partial charge on any atom is -0.305 e. The standard InChI is InChI=1S/C18H28N2/c1-14-9-10-17(11-14)20-13-18(3,19-12-15(20)2)16-7-5-4-6-8-16/h4-8,14-15,17,19H,9-13H2,1-3H3. The molecule has 2 fully saturated rings. The van der Waals surface area contributed by atoms with E-state index in [-0.39, 0.29) is 5.54 Å². The van der Waals surface area contributed by atoms with Crippen molar-refractivity contribution in [3.63, 3.8) is 0 Å². The predicted molar refractivity (Wildman–Crippen MR) is 84.8 cm³/mol. The number of benzene rings is 1. The highest BCUT2D eigenvalue weighted by molar-refractivity contribution is 5.25. The Kier molecular flexibility index (Phi) is 3.87. The highest BCUT2D eigenvalue weighted by atomic mass is 15.3. The maximum atomic E-state index is 3.78. The summed E-state index contributed by atoms with van der Waals surface area (Å²) < 4.78 is 0. The second-order valence-corrected chi connectivity index (χ2v) is 7.17. The van der Waals surface area contributed by atoms with Gasteiger partial charge in [0.2, 0.25) is 0 Å². The van der Waals surface area contributed by atoms with E-state index in [1.54, 1.807) is 0 Å². The molecule has 20 heavy (non-hydrogen) atoms. The Labute approximate surface area is 123 Å². The summed E-state index contributed by atoms with van der Waals surface area (Å²) in [6, 6.07) is 12.4. The molecule has 0 radical (unpaired) electrons. The molecule has 110 valence electrons. The van der Waals surface area contributed by atoms with Gasteiger partial charge >= 0.3 is 0 Å². The number of hydrogen-bond acceptors (Lipinski definition) is 2. The van der Waals surface area contributed by atoms with Crippen molar-refractivity contribution < 1.29 is 0 Å². The van der Waals surface area contributed by atoms with E-state index in [1.165, 1.54) is 24.8 Å². The van der Waals surface area contributed by atoms with Crippen molar-refractivity contribution in [1.82, 2.24) is 10.2 Å². The maximum Gasteiger partial charge on any atom is 0.0535 e. The average molecular weight is 272 g/mol. The zero-order valence-corrected chi connectivity index (χ0v) is 13.1. The van der Waals surface area contributed by atoms with Crippen LogP contribution in [0.2, 0.25) is 0 Å². The molecule has 1 saturated heterocycles. The lowest BCUT2D eigenvalue weighted by Gasteiger charge is -2.48. The number of nitrogens with one attached hydrogen (secondary N) is 1. The van der Waals surface area contributed by atoms with Crippen LogP contribution in [0.4, 0.5) is 0 Å². The zero-order chi connectivity index (χ0) is 14.2. The number of nitrogens with zero attached hydrogens (tertiary/aromatic N) is 1. The molecule has 0 amide bonds. The second-order valence-electron chi connectivity index (χ2n) is 7.17. The van der Waals surface area contributed by atoms with Gasteiger partial charge in [-0.05, 0) is 44.6 Å². The first kappa shape index (κ1) is 14.1. The van der Waals surface area contributed by atoms with Gasteiger partial charge in [-0.15, -0.1) is 0 Å². The van der Waals surface area contributed by atoms with Crippen LogP contribution in [0.1, 0.15) is 45.6 Å². The summed E-state index contributed by atoms with van der Waals surface area (Å²) in [5, 5.41) is 3.78. The molecular formula is C18H28N2. The van der Waals surface area contributed by atoms with Gasteiger partial charge in [-0.3, -0.25) is 4.90 Å². The topological polar surface area (TPSA) is 15.3 Å². The summed E-state index contributed by atoms with van der Waals surface area (Å²) in [5.74, 6) is 0.907. The lowest BCUT2D eigenvalue weighted by Crippen LogP contribution is -2.62. The summed E-state index contributed by atoms with van der Waals surface area (Å²) in [5.41, 5.74) is 1.52. The third kappa shape index (κ3) is 2.64. The van der Waals surface area contributed by atoms with Crippen molar-refractivity contribution in [2.75, 3.05) is 13.1 Å². The van der Waals surface area contributed by atoms with Crippen molar-refractivity contribution in [2.45, 2.75) is 57.7 Å². The van der Waals surface area contributed by atoms with E-state index >= 15 is 0 Å². The van der Waals surface area contributed by atoms with Gasteiger partial charge in [-0.1, -0.05) is 37.3 Å². The molecule has 4 atom stereocenters. The molecule has 1 aliphatic carbocycles.